The molecule has 1 N–H and O–H groups in total. The van der Waals surface area contributed by atoms with Gasteiger partial charge in [-0.05, 0) is 24.3 Å². The number of para-hydroxylation sites is 1. The number of pyridine rings is 1. The van der Waals surface area contributed by atoms with Crippen LogP contribution < -0.4 is 4.74 Å². The van der Waals surface area contributed by atoms with E-state index in [0.717, 1.165) is 28.3 Å². The van der Waals surface area contributed by atoms with Crippen LogP contribution in [0.2, 0.25) is 0 Å². The van der Waals surface area contributed by atoms with Crippen LogP contribution in [0.5, 0.6) is 11.6 Å². The first-order valence-electron chi connectivity index (χ1n) is 7.69. The number of hydrogen-bond acceptors (Lipinski definition) is 3. The fourth-order valence-corrected chi connectivity index (χ4v) is 2.51. The van der Waals surface area contributed by atoms with Crippen molar-refractivity contribution in [1.29, 1.82) is 0 Å². The number of ether oxygens (including phenoxy) is 1. The van der Waals surface area contributed by atoms with Crippen molar-refractivity contribution >= 4 is 0 Å². The summed E-state index contributed by atoms with van der Waals surface area (Å²) in [5, 5.41) is 7.51. The SMILES string of the molecule is c1ccc(-c2cc(-c3ccccc3Oc3ccccn3)[nH]n2)cc1. The first kappa shape index (κ1) is 14.2. The summed E-state index contributed by atoms with van der Waals surface area (Å²) in [6, 6.07) is 25.5. The molecule has 0 aliphatic heterocycles. The van der Waals surface area contributed by atoms with Gasteiger partial charge in [0, 0.05) is 23.4 Å². The van der Waals surface area contributed by atoms with E-state index in [4.69, 9.17) is 4.74 Å². The topological polar surface area (TPSA) is 50.8 Å². The zero-order valence-electron chi connectivity index (χ0n) is 12.9. The predicted octanol–water partition coefficient (Wildman–Crippen LogP) is 4.93. The highest BCUT2D eigenvalue weighted by molar-refractivity contribution is 5.72. The first-order valence-corrected chi connectivity index (χ1v) is 7.69. The molecule has 4 heteroatoms. The maximum absolute atomic E-state index is 5.92. The lowest BCUT2D eigenvalue weighted by Gasteiger charge is -2.08. The molecular formula is C20H15N3O. The van der Waals surface area contributed by atoms with Gasteiger partial charge >= 0.3 is 0 Å². The van der Waals surface area contributed by atoms with E-state index in [1.165, 1.54) is 0 Å². The number of nitrogens with one attached hydrogen (secondary N) is 1. The van der Waals surface area contributed by atoms with E-state index < -0.39 is 0 Å². The lowest BCUT2D eigenvalue weighted by atomic mass is 10.1. The van der Waals surface area contributed by atoms with Crippen molar-refractivity contribution in [3.8, 4) is 34.1 Å². The fourth-order valence-electron chi connectivity index (χ4n) is 2.51. The van der Waals surface area contributed by atoms with E-state index >= 15 is 0 Å². The molecule has 2 heterocycles. The Morgan fingerprint density at radius 3 is 2.42 bits per heavy atom. The normalized spacial score (nSPS) is 10.5. The van der Waals surface area contributed by atoms with Gasteiger partial charge in [0.15, 0.2) is 0 Å². The number of nitrogens with zero attached hydrogens (tertiary/aromatic N) is 2. The van der Waals surface area contributed by atoms with Gasteiger partial charge in [0.2, 0.25) is 5.88 Å². The summed E-state index contributed by atoms with van der Waals surface area (Å²) in [6.45, 7) is 0. The van der Waals surface area contributed by atoms with Crippen molar-refractivity contribution in [2.75, 3.05) is 0 Å². The molecule has 0 fully saturated rings. The van der Waals surface area contributed by atoms with E-state index in [2.05, 4.69) is 15.2 Å². The molecule has 0 saturated heterocycles. The van der Waals surface area contributed by atoms with Crippen molar-refractivity contribution < 1.29 is 4.74 Å². The van der Waals surface area contributed by atoms with Crippen LogP contribution in [0.1, 0.15) is 0 Å². The van der Waals surface area contributed by atoms with Crippen LogP contribution in [-0.4, -0.2) is 15.2 Å². The molecule has 2 aromatic carbocycles. The van der Waals surface area contributed by atoms with Gasteiger partial charge in [-0.2, -0.15) is 5.10 Å². The molecule has 24 heavy (non-hydrogen) atoms. The smallest absolute Gasteiger partial charge is 0.219 e. The second-order valence-electron chi connectivity index (χ2n) is 5.30. The number of benzene rings is 2. The summed E-state index contributed by atoms with van der Waals surface area (Å²) in [4.78, 5) is 4.21. The number of H-pyrrole nitrogens is 1. The summed E-state index contributed by atoms with van der Waals surface area (Å²) in [7, 11) is 0. The van der Waals surface area contributed by atoms with Crippen LogP contribution >= 0.6 is 0 Å². The first-order chi connectivity index (χ1) is 11.9. The van der Waals surface area contributed by atoms with Crippen LogP contribution in [-0.2, 0) is 0 Å². The summed E-state index contributed by atoms with van der Waals surface area (Å²) in [5.41, 5.74) is 3.82. The number of aromatic amines is 1. The number of hydrogen-bond donors (Lipinski definition) is 1. The van der Waals surface area contributed by atoms with Gasteiger partial charge in [0.25, 0.3) is 0 Å². The van der Waals surface area contributed by atoms with Gasteiger partial charge < -0.3 is 4.74 Å². The van der Waals surface area contributed by atoms with Gasteiger partial charge in [-0.25, -0.2) is 4.98 Å². The third-order valence-electron chi connectivity index (χ3n) is 3.68. The molecule has 2 aromatic heterocycles. The molecule has 4 aromatic rings. The number of aromatic nitrogens is 3. The molecule has 4 rings (SSSR count). The summed E-state index contributed by atoms with van der Waals surface area (Å²) in [5.74, 6) is 1.30. The molecule has 0 spiro atoms. The minimum absolute atomic E-state index is 0.563. The summed E-state index contributed by atoms with van der Waals surface area (Å²) < 4.78 is 5.92. The monoisotopic (exact) mass is 313 g/mol. The lowest BCUT2D eigenvalue weighted by molar-refractivity contribution is 0.464. The highest BCUT2D eigenvalue weighted by atomic mass is 16.5. The minimum Gasteiger partial charge on any atom is -0.438 e. The molecule has 0 radical (unpaired) electrons. The van der Waals surface area contributed by atoms with E-state index in [1.54, 1.807) is 6.20 Å². The van der Waals surface area contributed by atoms with Crippen molar-refractivity contribution in [2.45, 2.75) is 0 Å². The van der Waals surface area contributed by atoms with E-state index in [-0.39, 0.29) is 0 Å². The standard InChI is InChI=1S/C20H15N3O/c1-2-8-15(9-3-1)17-14-18(23-22-17)16-10-4-5-11-19(16)24-20-12-6-7-13-21-20/h1-14H,(H,22,23). The molecule has 0 atom stereocenters. The van der Waals surface area contributed by atoms with Gasteiger partial charge in [-0.3, -0.25) is 5.10 Å². The van der Waals surface area contributed by atoms with Crippen LogP contribution in [0.15, 0.2) is 85.1 Å². The van der Waals surface area contributed by atoms with Gasteiger partial charge in [-0.1, -0.05) is 48.5 Å². The summed E-state index contributed by atoms with van der Waals surface area (Å²) in [6.07, 6.45) is 1.71. The third-order valence-corrected chi connectivity index (χ3v) is 3.68. The Balaban J connectivity index is 1.69. The molecule has 4 nitrogen and oxygen atoms in total. The highest BCUT2D eigenvalue weighted by Crippen LogP contribution is 2.33. The molecule has 0 amide bonds. The van der Waals surface area contributed by atoms with Crippen molar-refractivity contribution in [1.82, 2.24) is 15.2 Å². The Bertz CT molecular complexity index is 933. The Morgan fingerprint density at radius 2 is 1.58 bits per heavy atom. The van der Waals surface area contributed by atoms with Crippen LogP contribution in [0.25, 0.3) is 22.5 Å². The van der Waals surface area contributed by atoms with E-state index in [1.807, 2.05) is 78.9 Å². The van der Waals surface area contributed by atoms with Crippen molar-refractivity contribution in [2.24, 2.45) is 0 Å². The maximum Gasteiger partial charge on any atom is 0.219 e. The van der Waals surface area contributed by atoms with E-state index in [0.29, 0.717) is 5.88 Å². The molecule has 0 unspecified atom stereocenters. The molecule has 0 saturated carbocycles. The van der Waals surface area contributed by atoms with Crippen molar-refractivity contribution in [3.63, 3.8) is 0 Å². The Morgan fingerprint density at radius 1 is 0.792 bits per heavy atom. The van der Waals surface area contributed by atoms with Crippen molar-refractivity contribution in [3.05, 3.63) is 85.1 Å². The second kappa shape index (κ2) is 6.38. The second-order valence-corrected chi connectivity index (χ2v) is 5.30. The zero-order chi connectivity index (χ0) is 16.2. The predicted molar refractivity (Wildman–Crippen MR) is 93.8 cm³/mol. The summed E-state index contributed by atoms with van der Waals surface area (Å²) >= 11 is 0. The zero-order valence-corrected chi connectivity index (χ0v) is 12.9. The van der Waals surface area contributed by atoms with Gasteiger partial charge in [-0.15, -0.1) is 0 Å². The van der Waals surface area contributed by atoms with Gasteiger partial charge in [0.05, 0.1) is 11.4 Å². The van der Waals surface area contributed by atoms with Gasteiger partial charge in [0.1, 0.15) is 5.75 Å². The minimum atomic E-state index is 0.563. The van der Waals surface area contributed by atoms with Crippen LogP contribution in [0.4, 0.5) is 0 Å². The third kappa shape index (κ3) is 2.90. The average Bonchev–Trinajstić information content (AvgIpc) is 3.14. The Hall–Kier alpha value is -3.40. The molecule has 116 valence electrons. The molecular weight excluding hydrogens is 298 g/mol. The fraction of sp³-hybridized carbons (Fsp3) is 0. The van der Waals surface area contributed by atoms with Crippen LogP contribution in [0.3, 0.4) is 0 Å². The number of rotatable bonds is 4. The largest absolute Gasteiger partial charge is 0.438 e. The maximum atomic E-state index is 5.92. The highest BCUT2D eigenvalue weighted by Gasteiger charge is 2.11. The molecule has 0 aliphatic rings. The molecule has 0 bridgehead atoms. The Kier molecular flexibility index (Phi) is 3.78. The quantitative estimate of drug-likeness (QED) is 0.581. The van der Waals surface area contributed by atoms with E-state index in [9.17, 15) is 0 Å². The Labute approximate surface area is 139 Å². The average molecular weight is 313 g/mol. The lowest BCUT2D eigenvalue weighted by Crippen LogP contribution is -1.90. The van der Waals surface area contributed by atoms with Crippen LogP contribution in [0, 0.1) is 0 Å². The molecule has 0 aliphatic carbocycles.